The van der Waals surface area contributed by atoms with Crippen LogP contribution in [0, 0.1) is 47.3 Å². The number of ether oxygens (including phenoxy) is 1. The summed E-state index contributed by atoms with van der Waals surface area (Å²) < 4.78 is 5.80. The number of hydrogen-bond acceptors (Lipinski definition) is 5. The van der Waals surface area contributed by atoms with E-state index in [0.29, 0.717) is 23.7 Å². The second-order valence-corrected chi connectivity index (χ2v) is 8.87. The van der Waals surface area contributed by atoms with Gasteiger partial charge < -0.3 is 10.1 Å². The molecule has 0 aromatic rings. The smallest absolute Gasteiger partial charge is 0.303 e. The number of amides is 3. The van der Waals surface area contributed by atoms with Crippen molar-refractivity contribution >= 4 is 23.7 Å². The molecule has 132 valence electrons. The standard InChI is InChI=1S/C18H20N2O5/c1-5(21)19-18-13-9-4-8-10-11(9)15(18)14(10)17(12(8)13,25-7(3)23)16(24)20(18)6(2)22/h8-15H,4H2,1-3H3,(H,19,21)/t8-,9-,10+,11+,12+,13+,14-,15+,17+,18+/m0/s1. The molecule has 2 heterocycles. The van der Waals surface area contributed by atoms with Gasteiger partial charge in [0.25, 0.3) is 5.91 Å². The number of carbonyl (C=O) groups is 4. The third kappa shape index (κ3) is 1.05. The van der Waals surface area contributed by atoms with Gasteiger partial charge in [-0.25, -0.2) is 0 Å². The van der Waals surface area contributed by atoms with Gasteiger partial charge in [0.15, 0.2) is 5.60 Å². The summed E-state index contributed by atoms with van der Waals surface area (Å²) in [5.74, 6) is 0.142. The SMILES string of the molecule is CC(=O)N[C@@]12[C@@H]3[C@H]4C[C@H]5[C@@H]6[C@@H]4[C@@H]1[C@H]6[C@@](OC(C)=O)(C(=O)N2C(C)=O)[C@H]53. The normalized spacial score (nSPS) is 57.2. The van der Waals surface area contributed by atoms with Gasteiger partial charge in [0.2, 0.25) is 11.8 Å². The summed E-state index contributed by atoms with van der Waals surface area (Å²) in [4.78, 5) is 51.2. The van der Waals surface area contributed by atoms with E-state index in [9.17, 15) is 19.2 Å². The Kier molecular flexibility index (Phi) is 2.06. The highest BCUT2D eigenvalue weighted by Gasteiger charge is 2.98. The van der Waals surface area contributed by atoms with E-state index in [1.807, 2.05) is 0 Å². The molecule has 3 amide bonds. The van der Waals surface area contributed by atoms with E-state index >= 15 is 0 Å². The van der Waals surface area contributed by atoms with Crippen molar-refractivity contribution in [3.63, 3.8) is 0 Å². The summed E-state index contributed by atoms with van der Waals surface area (Å²) in [7, 11) is 0. The first-order valence-corrected chi connectivity index (χ1v) is 9.12. The predicted octanol–water partition coefficient (Wildman–Crippen LogP) is -0.103. The lowest BCUT2D eigenvalue weighted by Gasteiger charge is -2.67. The zero-order valence-corrected chi connectivity index (χ0v) is 14.3. The maximum absolute atomic E-state index is 13.5. The zero-order valence-electron chi connectivity index (χ0n) is 14.3. The lowest BCUT2D eigenvalue weighted by atomic mass is 9.49. The molecule has 0 unspecified atom stereocenters. The van der Waals surface area contributed by atoms with Crippen molar-refractivity contribution in [1.82, 2.24) is 10.2 Å². The van der Waals surface area contributed by atoms with Crippen LogP contribution in [0.3, 0.4) is 0 Å². The van der Waals surface area contributed by atoms with Crippen LogP contribution in [0.15, 0.2) is 0 Å². The van der Waals surface area contributed by atoms with Crippen molar-refractivity contribution in [2.75, 3.05) is 0 Å². The van der Waals surface area contributed by atoms with E-state index in [2.05, 4.69) is 5.32 Å². The summed E-state index contributed by atoms with van der Waals surface area (Å²) >= 11 is 0. The Morgan fingerprint density at radius 2 is 1.68 bits per heavy atom. The molecule has 0 aromatic carbocycles. The molecule has 7 nitrogen and oxygen atoms in total. The van der Waals surface area contributed by atoms with E-state index in [4.69, 9.17) is 4.74 Å². The first-order valence-electron chi connectivity index (χ1n) is 9.12. The summed E-state index contributed by atoms with van der Waals surface area (Å²) in [5, 5.41) is 3.06. The molecule has 10 atom stereocenters. The summed E-state index contributed by atoms with van der Waals surface area (Å²) in [5.41, 5.74) is -2.08. The lowest BCUT2D eigenvalue weighted by molar-refractivity contribution is -0.255. The van der Waals surface area contributed by atoms with E-state index in [0.717, 1.165) is 6.42 Å². The van der Waals surface area contributed by atoms with E-state index < -0.39 is 23.1 Å². The van der Waals surface area contributed by atoms with Crippen molar-refractivity contribution in [3.8, 4) is 0 Å². The van der Waals surface area contributed by atoms with E-state index in [1.165, 1.54) is 25.7 Å². The second-order valence-electron chi connectivity index (χ2n) is 8.87. The fraction of sp³-hybridized carbons (Fsp3) is 0.778. The van der Waals surface area contributed by atoms with E-state index in [-0.39, 0.29) is 35.5 Å². The van der Waals surface area contributed by atoms with Crippen LogP contribution in [0.2, 0.25) is 0 Å². The fourth-order valence-electron chi connectivity index (χ4n) is 8.85. The number of imide groups is 1. The van der Waals surface area contributed by atoms with Crippen molar-refractivity contribution in [2.45, 2.75) is 38.5 Å². The second kappa shape index (κ2) is 3.62. The topological polar surface area (TPSA) is 92.8 Å². The van der Waals surface area contributed by atoms with Crippen LogP contribution in [-0.2, 0) is 23.9 Å². The van der Waals surface area contributed by atoms with Crippen LogP contribution in [0.25, 0.3) is 0 Å². The Labute approximate surface area is 144 Å². The summed E-state index contributed by atoms with van der Waals surface area (Å²) in [6.45, 7) is 4.15. The molecule has 25 heavy (non-hydrogen) atoms. The van der Waals surface area contributed by atoms with Crippen LogP contribution in [0.5, 0.6) is 0 Å². The third-order valence-corrected chi connectivity index (χ3v) is 8.42. The minimum atomic E-state index is -1.18. The molecule has 1 N–H and O–H groups in total. The van der Waals surface area contributed by atoms with Gasteiger partial charge in [-0.2, -0.15) is 0 Å². The highest BCUT2D eigenvalue weighted by Crippen LogP contribution is 2.90. The first-order chi connectivity index (χ1) is 11.8. The molecule has 7 rings (SSSR count). The lowest BCUT2D eigenvalue weighted by Crippen LogP contribution is -2.86. The molecule has 4 bridgehead atoms. The number of nitrogens with one attached hydrogen (secondary N) is 1. The summed E-state index contributed by atoms with van der Waals surface area (Å²) in [6.07, 6.45) is 1.03. The van der Waals surface area contributed by atoms with Gasteiger partial charge in [0.05, 0.1) is 0 Å². The van der Waals surface area contributed by atoms with Crippen LogP contribution >= 0.6 is 0 Å². The van der Waals surface area contributed by atoms with Crippen LogP contribution in [0.4, 0.5) is 0 Å². The molecular weight excluding hydrogens is 324 g/mol. The molecule has 2 saturated heterocycles. The average molecular weight is 344 g/mol. The number of nitrogens with zero attached hydrogens (tertiary/aromatic N) is 1. The Morgan fingerprint density at radius 1 is 1.04 bits per heavy atom. The van der Waals surface area contributed by atoms with Gasteiger partial charge in [0, 0.05) is 44.4 Å². The average Bonchev–Trinajstić information content (AvgIpc) is 2.97. The highest BCUT2D eigenvalue weighted by atomic mass is 16.6. The Hall–Kier alpha value is -1.92. The molecule has 0 spiro atoms. The largest absolute Gasteiger partial charge is 0.448 e. The highest BCUT2D eigenvalue weighted by molar-refractivity contribution is 6.04. The Bertz CT molecular complexity index is 809. The van der Waals surface area contributed by atoms with Crippen LogP contribution in [0.1, 0.15) is 27.2 Å². The van der Waals surface area contributed by atoms with Gasteiger partial charge in [-0.3, -0.25) is 24.1 Å². The maximum atomic E-state index is 13.5. The van der Waals surface area contributed by atoms with Crippen molar-refractivity contribution < 1.29 is 23.9 Å². The van der Waals surface area contributed by atoms with Crippen molar-refractivity contribution in [1.29, 1.82) is 0 Å². The Morgan fingerprint density at radius 3 is 2.28 bits per heavy atom. The number of rotatable bonds is 2. The number of carbonyl (C=O) groups excluding carboxylic acids is 4. The number of piperidine rings is 2. The van der Waals surface area contributed by atoms with Gasteiger partial charge in [-0.05, 0) is 30.1 Å². The molecular formula is C18H20N2O5. The minimum Gasteiger partial charge on any atom is -0.448 e. The van der Waals surface area contributed by atoms with Crippen LogP contribution in [-0.4, -0.2) is 39.9 Å². The fourth-order valence-corrected chi connectivity index (χ4v) is 8.85. The number of esters is 1. The quantitative estimate of drug-likeness (QED) is 0.706. The van der Waals surface area contributed by atoms with Gasteiger partial charge >= 0.3 is 5.97 Å². The van der Waals surface area contributed by atoms with Gasteiger partial charge in [-0.15, -0.1) is 0 Å². The number of hydrogen-bond donors (Lipinski definition) is 1. The molecule has 7 heteroatoms. The summed E-state index contributed by atoms with van der Waals surface area (Å²) in [6, 6.07) is 0. The molecule has 7 aliphatic rings. The molecule has 5 saturated carbocycles. The number of fused-ring (bicyclic) bond motifs is 1. The first kappa shape index (κ1) is 14.3. The molecule has 0 aromatic heterocycles. The maximum Gasteiger partial charge on any atom is 0.303 e. The third-order valence-electron chi connectivity index (χ3n) is 8.42. The van der Waals surface area contributed by atoms with Gasteiger partial charge in [-0.1, -0.05) is 0 Å². The molecule has 2 aliphatic heterocycles. The Balaban J connectivity index is 1.63. The van der Waals surface area contributed by atoms with Crippen molar-refractivity contribution in [3.05, 3.63) is 0 Å². The van der Waals surface area contributed by atoms with E-state index in [1.54, 1.807) is 0 Å². The predicted molar refractivity (Wildman–Crippen MR) is 81.1 cm³/mol. The molecule has 5 aliphatic carbocycles. The minimum absolute atomic E-state index is 0.0207. The monoisotopic (exact) mass is 344 g/mol. The zero-order chi connectivity index (χ0) is 17.6. The van der Waals surface area contributed by atoms with Gasteiger partial charge in [0.1, 0.15) is 5.66 Å². The molecule has 7 fully saturated rings. The molecule has 0 radical (unpaired) electrons. The van der Waals surface area contributed by atoms with Crippen LogP contribution < -0.4 is 5.32 Å². The van der Waals surface area contributed by atoms with Crippen molar-refractivity contribution in [2.24, 2.45) is 47.3 Å².